The van der Waals surface area contributed by atoms with Crippen molar-refractivity contribution in [3.8, 4) is 0 Å². The molecule has 1 aliphatic carbocycles. The molecule has 1 heterocycles. The molecule has 1 aromatic heterocycles. The van der Waals surface area contributed by atoms with Crippen molar-refractivity contribution < 1.29 is 13.6 Å². The van der Waals surface area contributed by atoms with Crippen LogP contribution >= 0.6 is 0 Å². The van der Waals surface area contributed by atoms with Crippen molar-refractivity contribution in [3.63, 3.8) is 0 Å². The summed E-state index contributed by atoms with van der Waals surface area (Å²) in [6.45, 7) is 0. The van der Waals surface area contributed by atoms with E-state index >= 15 is 0 Å². The van der Waals surface area contributed by atoms with E-state index in [9.17, 15) is 9.18 Å². The first-order chi connectivity index (χ1) is 12.7. The highest BCUT2D eigenvalue weighted by Gasteiger charge is 2.13. The monoisotopic (exact) mass is 346 g/mol. The Morgan fingerprint density at radius 3 is 2.38 bits per heavy atom. The molecule has 1 aliphatic rings. The van der Waals surface area contributed by atoms with Crippen molar-refractivity contribution in [1.29, 1.82) is 0 Å². The van der Waals surface area contributed by atoms with Crippen molar-refractivity contribution >= 4 is 27.6 Å². The van der Waals surface area contributed by atoms with Gasteiger partial charge in [-0.3, -0.25) is 4.79 Å². The zero-order chi connectivity index (χ0) is 17.9. The Balaban J connectivity index is 0.000000178. The summed E-state index contributed by atoms with van der Waals surface area (Å²) < 4.78 is 15.9. The van der Waals surface area contributed by atoms with Gasteiger partial charge in [-0.2, -0.15) is 4.39 Å². The molecule has 0 radical (unpaired) electrons. The lowest BCUT2D eigenvalue weighted by molar-refractivity contribution is 0.0805. The predicted molar refractivity (Wildman–Crippen MR) is 102 cm³/mol. The first-order valence-corrected chi connectivity index (χ1v) is 8.89. The summed E-state index contributed by atoms with van der Waals surface area (Å²) in [6.07, 6.45) is 6.46. The second-order valence-corrected chi connectivity index (χ2v) is 6.54. The van der Waals surface area contributed by atoms with Crippen molar-refractivity contribution in [1.82, 2.24) is 0 Å². The Kier molecular flexibility index (Phi) is 4.53. The van der Waals surface area contributed by atoms with Gasteiger partial charge in [0.25, 0.3) is 0 Å². The summed E-state index contributed by atoms with van der Waals surface area (Å²) >= 11 is 0. The van der Waals surface area contributed by atoms with Gasteiger partial charge in [0.2, 0.25) is 5.76 Å². The lowest BCUT2D eigenvalue weighted by Crippen LogP contribution is -2.02. The van der Waals surface area contributed by atoms with Crippen molar-refractivity contribution in [2.45, 2.75) is 25.7 Å². The van der Waals surface area contributed by atoms with Crippen LogP contribution in [0.15, 0.2) is 71.3 Å². The summed E-state index contributed by atoms with van der Waals surface area (Å²) in [4.78, 5) is 9.75. The minimum atomic E-state index is -1.53. The van der Waals surface area contributed by atoms with Crippen LogP contribution in [0.4, 0.5) is 4.39 Å². The largest absolute Gasteiger partial charge is 0.458 e. The molecule has 0 N–H and O–H groups in total. The average Bonchev–Trinajstić information content (AvgIpc) is 3.23. The van der Waals surface area contributed by atoms with Gasteiger partial charge in [0, 0.05) is 0 Å². The molecule has 0 bridgehead atoms. The molecular weight excluding hydrogens is 327 g/mol. The second kappa shape index (κ2) is 7.12. The molecule has 3 aromatic carbocycles. The standard InChI is InChI=1S/C18H16.C5H3FO2/c1-3-7-15-13(5-1)9-11-18-16-8-4-2-6-14(16)10-12-17(15)18;6-5(7)4-2-1-3-8-4/h1,3,5,7,9-12H,2,4,6,8H2;1-3H. The van der Waals surface area contributed by atoms with Gasteiger partial charge in [0.05, 0.1) is 6.26 Å². The Morgan fingerprint density at radius 2 is 1.62 bits per heavy atom. The number of fused-ring (bicyclic) bond motifs is 5. The average molecular weight is 346 g/mol. The van der Waals surface area contributed by atoms with E-state index in [0.717, 1.165) is 0 Å². The summed E-state index contributed by atoms with van der Waals surface area (Å²) in [7, 11) is 0. The van der Waals surface area contributed by atoms with E-state index in [0.29, 0.717) is 0 Å². The number of benzene rings is 3. The van der Waals surface area contributed by atoms with Gasteiger partial charge in [0.1, 0.15) is 0 Å². The summed E-state index contributed by atoms with van der Waals surface area (Å²) in [5.74, 6) is -0.245. The number of carbonyl (C=O) groups excluding carboxylic acids is 1. The van der Waals surface area contributed by atoms with Gasteiger partial charge in [-0.1, -0.05) is 48.5 Å². The van der Waals surface area contributed by atoms with Gasteiger partial charge in [0.15, 0.2) is 0 Å². The fraction of sp³-hybridized carbons (Fsp3) is 0.174. The SMILES string of the molecule is O=C(F)c1ccco1.c1ccc2c(c1)ccc1c3c(ccc12)CCCC3. The lowest BCUT2D eigenvalue weighted by atomic mass is 9.86. The van der Waals surface area contributed by atoms with E-state index in [1.165, 1.54) is 65.6 Å². The third-order valence-corrected chi connectivity index (χ3v) is 4.97. The molecule has 2 nitrogen and oxygen atoms in total. The molecule has 0 unspecified atom stereocenters. The van der Waals surface area contributed by atoms with E-state index in [1.54, 1.807) is 11.1 Å². The van der Waals surface area contributed by atoms with Gasteiger partial charge in [-0.25, -0.2) is 0 Å². The van der Waals surface area contributed by atoms with Gasteiger partial charge in [-0.05, 0) is 70.5 Å². The summed E-state index contributed by atoms with van der Waals surface area (Å²) in [5, 5.41) is 5.64. The second-order valence-electron chi connectivity index (χ2n) is 6.54. The van der Waals surface area contributed by atoms with Crippen LogP contribution in [0.25, 0.3) is 21.5 Å². The molecule has 130 valence electrons. The highest BCUT2D eigenvalue weighted by atomic mass is 19.1. The minimum Gasteiger partial charge on any atom is -0.458 e. The van der Waals surface area contributed by atoms with Crippen LogP contribution in [0.2, 0.25) is 0 Å². The Morgan fingerprint density at radius 1 is 0.808 bits per heavy atom. The topological polar surface area (TPSA) is 30.2 Å². The molecule has 0 aliphatic heterocycles. The summed E-state index contributed by atoms with van der Waals surface area (Å²) in [6, 6.07) is 19.2. The molecule has 0 amide bonds. The molecule has 26 heavy (non-hydrogen) atoms. The maximum Gasteiger partial charge on any atom is 0.367 e. The number of carbonyl (C=O) groups is 1. The van der Waals surface area contributed by atoms with Crippen LogP contribution in [0.1, 0.15) is 34.5 Å². The molecule has 0 spiro atoms. The van der Waals surface area contributed by atoms with Crippen LogP contribution in [0, 0.1) is 0 Å². The van der Waals surface area contributed by atoms with E-state index in [2.05, 4.69) is 52.9 Å². The van der Waals surface area contributed by atoms with Crippen LogP contribution in [0.3, 0.4) is 0 Å². The summed E-state index contributed by atoms with van der Waals surface area (Å²) in [5.41, 5.74) is 3.17. The van der Waals surface area contributed by atoms with Gasteiger partial charge in [-0.15, -0.1) is 0 Å². The number of aryl methyl sites for hydroxylation is 2. The molecule has 5 rings (SSSR count). The highest BCUT2D eigenvalue weighted by Crippen LogP contribution is 2.33. The molecule has 4 aromatic rings. The van der Waals surface area contributed by atoms with E-state index in [4.69, 9.17) is 0 Å². The number of hydrogen-bond acceptors (Lipinski definition) is 2. The fourth-order valence-corrected chi connectivity index (χ4v) is 3.73. The minimum absolute atomic E-state index is 0.245. The maximum absolute atomic E-state index is 11.5. The third kappa shape index (κ3) is 3.13. The van der Waals surface area contributed by atoms with Crippen molar-refractivity contribution in [3.05, 3.63) is 83.8 Å². The fourth-order valence-electron chi connectivity index (χ4n) is 3.73. The number of furan rings is 1. The number of rotatable bonds is 1. The predicted octanol–water partition coefficient (Wildman–Crippen LogP) is 6.26. The van der Waals surface area contributed by atoms with Crippen molar-refractivity contribution in [2.75, 3.05) is 0 Å². The normalized spacial score (nSPS) is 13.1. The molecule has 0 fully saturated rings. The van der Waals surface area contributed by atoms with Crippen LogP contribution in [-0.2, 0) is 12.8 Å². The molecule has 3 heteroatoms. The molecule has 0 saturated carbocycles. The Bertz CT molecular complexity index is 1060. The van der Waals surface area contributed by atoms with Gasteiger partial charge < -0.3 is 4.42 Å². The van der Waals surface area contributed by atoms with Crippen molar-refractivity contribution in [2.24, 2.45) is 0 Å². The van der Waals surface area contributed by atoms with Crippen LogP contribution in [-0.4, -0.2) is 6.04 Å². The zero-order valence-corrected chi connectivity index (χ0v) is 14.4. The van der Waals surface area contributed by atoms with Gasteiger partial charge >= 0.3 is 6.04 Å². The third-order valence-electron chi connectivity index (χ3n) is 4.97. The lowest BCUT2D eigenvalue weighted by Gasteiger charge is -2.18. The molecule has 0 atom stereocenters. The van der Waals surface area contributed by atoms with E-state index in [-0.39, 0.29) is 5.76 Å². The zero-order valence-electron chi connectivity index (χ0n) is 14.4. The first kappa shape index (κ1) is 16.5. The number of halogens is 1. The van der Waals surface area contributed by atoms with Crippen LogP contribution in [0.5, 0.6) is 0 Å². The van der Waals surface area contributed by atoms with E-state index in [1.807, 2.05) is 0 Å². The first-order valence-electron chi connectivity index (χ1n) is 8.89. The Labute approximate surface area is 151 Å². The number of hydrogen-bond donors (Lipinski definition) is 0. The maximum atomic E-state index is 11.5. The molecule has 0 saturated heterocycles. The highest BCUT2D eigenvalue weighted by molar-refractivity contribution is 6.08. The smallest absolute Gasteiger partial charge is 0.367 e. The van der Waals surface area contributed by atoms with E-state index < -0.39 is 6.04 Å². The Hall–Kier alpha value is -2.94. The molecular formula is C23H19FO2. The van der Waals surface area contributed by atoms with Crippen LogP contribution < -0.4 is 0 Å². The quantitative estimate of drug-likeness (QED) is 0.301.